The van der Waals surface area contributed by atoms with Crippen LogP contribution in [0.25, 0.3) is 0 Å². The van der Waals surface area contributed by atoms with E-state index < -0.39 is 0 Å². The topological polar surface area (TPSA) is 77.0 Å². The smallest absolute Gasteiger partial charge is 0.242 e. The molecule has 0 spiro atoms. The Labute approximate surface area is 158 Å². The molecular weight excluding hydrogens is 354 g/mol. The number of guanidine groups is 1. The monoisotopic (exact) mass is 377 g/mol. The quantitative estimate of drug-likeness (QED) is 0.589. The number of piperazine rings is 1. The molecule has 2 N–H and O–H groups in total. The van der Waals surface area contributed by atoms with E-state index in [2.05, 4.69) is 15.6 Å². The molecule has 0 bridgehead atoms. The van der Waals surface area contributed by atoms with E-state index >= 15 is 0 Å². The molecule has 2 fully saturated rings. The van der Waals surface area contributed by atoms with Gasteiger partial charge in [-0.2, -0.15) is 0 Å². The van der Waals surface area contributed by atoms with E-state index in [1.54, 1.807) is 7.05 Å². The fraction of sp³-hybridized carbons (Fsp3) is 0.500. The maximum absolute atomic E-state index is 12.5. The summed E-state index contributed by atoms with van der Waals surface area (Å²) in [6.07, 6.45) is 2.12. The first kappa shape index (κ1) is 18.5. The lowest BCUT2D eigenvalue weighted by atomic mass is 10.2. The molecule has 1 aromatic rings. The second-order valence-corrected chi connectivity index (χ2v) is 7.04. The van der Waals surface area contributed by atoms with Crippen LogP contribution >= 0.6 is 11.6 Å². The fourth-order valence-electron chi connectivity index (χ4n) is 2.86. The van der Waals surface area contributed by atoms with Crippen molar-refractivity contribution in [3.63, 3.8) is 0 Å². The van der Waals surface area contributed by atoms with Crippen LogP contribution in [0, 0.1) is 0 Å². The Bertz CT molecular complexity index is 687. The van der Waals surface area contributed by atoms with Gasteiger partial charge in [0.05, 0.1) is 13.1 Å². The van der Waals surface area contributed by atoms with Crippen LogP contribution in [-0.4, -0.2) is 66.8 Å². The minimum atomic E-state index is -0.0404. The Morgan fingerprint density at radius 1 is 1.27 bits per heavy atom. The predicted octanol–water partition coefficient (Wildman–Crippen LogP) is 0.838. The van der Waals surface area contributed by atoms with E-state index in [0.717, 1.165) is 18.4 Å². The molecule has 1 aliphatic heterocycles. The van der Waals surface area contributed by atoms with Crippen LogP contribution < -0.4 is 10.6 Å². The summed E-state index contributed by atoms with van der Waals surface area (Å²) in [6.45, 7) is 2.26. The fourth-order valence-corrected chi connectivity index (χ4v) is 2.99. The molecule has 26 heavy (non-hydrogen) atoms. The highest BCUT2D eigenvalue weighted by Gasteiger charge is 2.27. The predicted molar refractivity (Wildman–Crippen MR) is 101 cm³/mol. The van der Waals surface area contributed by atoms with Gasteiger partial charge in [0, 0.05) is 37.7 Å². The van der Waals surface area contributed by atoms with Gasteiger partial charge < -0.3 is 20.4 Å². The molecule has 1 saturated carbocycles. The first-order valence-electron chi connectivity index (χ1n) is 8.82. The highest BCUT2D eigenvalue weighted by molar-refractivity contribution is 6.30. The normalized spacial score (nSPS) is 18.1. The number of hydrogen-bond acceptors (Lipinski definition) is 3. The maximum Gasteiger partial charge on any atom is 0.242 e. The van der Waals surface area contributed by atoms with E-state index in [1.807, 2.05) is 34.1 Å². The molecule has 1 aromatic carbocycles. The van der Waals surface area contributed by atoms with E-state index in [4.69, 9.17) is 11.6 Å². The number of nitrogens with zero attached hydrogens (tertiary/aromatic N) is 3. The number of carbonyl (C=O) groups excluding carboxylic acids is 2. The van der Waals surface area contributed by atoms with Gasteiger partial charge in [-0.05, 0) is 30.5 Å². The van der Waals surface area contributed by atoms with Gasteiger partial charge in [0.2, 0.25) is 11.8 Å². The standard InChI is InChI=1S/C18H24ClN5O2/c1-20-18(21-10-16(25)22-15-6-7-15)24-9-8-23(17(26)12-24)11-13-2-4-14(19)5-3-13/h2-5,15H,6-12H2,1H3,(H,20,21)(H,22,25). The molecule has 1 aliphatic carbocycles. The number of rotatable bonds is 5. The third kappa shape index (κ3) is 5.11. The van der Waals surface area contributed by atoms with Gasteiger partial charge in [0.25, 0.3) is 0 Å². The van der Waals surface area contributed by atoms with E-state index in [9.17, 15) is 9.59 Å². The van der Waals surface area contributed by atoms with Crippen molar-refractivity contribution < 1.29 is 9.59 Å². The van der Waals surface area contributed by atoms with Crippen molar-refractivity contribution in [3.8, 4) is 0 Å². The number of carbonyl (C=O) groups is 2. The molecule has 2 amide bonds. The number of amides is 2. The van der Waals surface area contributed by atoms with Crippen LogP contribution in [0.5, 0.6) is 0 Å². The molecule has 8 heteroatoms. The maximum atomic E-state index is 12.5. The van der Waals surface area contributed by atoms with Crippen molar-refractivity contribution in [2.24, 2.45) is 4.99 Å². The first-order valence-corrected chi connectivity index (χ1v) is 9.20. The molecule has 3 rings (SSSR count). The van der Waals surface area contributed by atoms with Gasteiger partial charge in [-0.1, -0.05) is 23.7 Å². The molecule has 0 unspecified atom stereocenters. The van der Waals surface area contributed by atoms with E-state index in [1.165, 1.54) is 0 Å². The van der Waals surface area contributed by atoms with Crippen molar-refractivity contribution in [1.29, 1.82) is 0 Å². The highest BCUT2D eigenvalue weighted by Crippen LogP contribution is 2.18. The van der Waals surface area contributed by atoms with Gasteiger partial charge in [-0.15, -0.1) is 0 Å². The van der Waals surface area contributed by atoms with E-state index in [0.29, 0.717) is 36.7 Å². The molecule has 140 valence electrons. The number of benzene rings is 1. The molecule has 0 atom stereocenters. The summed E-state index contributed by atoms with van der Waals surface area (Å²) in [7, 11) is 1.66. The Balaban J connectivity index is 1.48. The average Bonchev–Trinajstić information content (AvgIpc) is 3.43. The zero-order chi connectivity index (χ0) is 18.5. The Hall–Kier alpha value is -2.28. The summed E-state index contributed by atoms with van der Waals surface area (Å²) in [5.74, 6) is 0.577. The SMILES string of the molecule is CN=C(NCC(=O)NC1CC1)N1CCN(Cc2ccc(Cl)cc2)C(=O)C1. The van der Waals surface area contributed by atoms with Crippen LogP contribution in [-0.2, 0) is 16.1 Å². The van der Waals surface area contributed by atoms with Crippen molar-refractivity contribution >= 4 is 29.4 Å². The van der Waals surface area contributed by atoms with E-state index in [-0.39, 0.29) is 24.9 Å². The third-order valence-electron chi connectivity index (χ3n) is 4.47. The van der Waals surface area contributed by atoms with Gasteiger partial charge in [0.15, 0.2) is 5.96 Å². The second-order valence-electron chi connectivity index (χ2n) is 6.61. The summed E-state index contributed by atoms with van der Waals surface area (Å²) >= 11 is 5.90. The Kier molecular flexibility index (Phi) is 5.98. The molecule has 2 aliphatic rings. The number of hydrogen-bond donors (Lipinski definition) is 2. The third-order valence-corrected chi connectivity index (χ3v) is 4.72. The van der Waals surface area contributed by atoms with Gasteiger partial charge >= 0.3 is 0 Å². The molecule has 1 heterocycles. The van der Waals surface area contributed by atoms with Crippen molar-refractivity contribution in [2.75, 3.05) is 33.2 Å². The molecular formula is C18H24ClN5O2. The summed E-state index contributed by atoms with van der Waals surface area (Å²) in [5.41, 5.74) is 1.05. The van der Waals surface area contributed by atoms with Gasteiger partial charge in [-0.3, -0.25) is 14.6 Å². The minimum absolute atomic E-state index is 0.0385. The van der Waals surface area contributed by atoms with Crippen LogP contribution in [0.1, 0.15) is 18.4 Å². The Morgan fingerprint density at radius 2 is 2.00 bits per heavy atom. The lowest BCUT2D eigenvalue weighted by Gasteiger charge is -2.36. The van der Waals surface area contributed by atoms with Crippen LogP contribution in [0.2, 0.25) is 5.02 Å². The average molecular weight is 378 g/mol. The van der Waals surface area contributed by atoms with Gasteiger partial charge in [0.1, 0.15) is 0 Å². The zero-order valence-corrected chi connectivity index (χ0v) is 15.6. The lowest BCUT2D eigenvalue weighted by Crippen LogP contribution is -2.55. The molecule has 7 nitrogen and oxygen atoms in total. The first-order chi connectivity index (χ1) is 12.5. The number of halogens is 1. The molecule has 0 radical (unpaired) electrons. The highest BCUT2D eigenvalue weighted by atomic mass is 35.5. The summed E-state index contributed by atoms with van der Waals surface area (Å²) in [6, 6.07) is 7.86. The lowest BCUT2D eigenvalue weighted by molar-refractivity contribution is -0.135. The molecule has 1 saturated heterocycles. The van der Waals surface area contributed by atoms with Crippen LogP contribution in [0.4, 0.5) is 0 Å². The van der Waals surface area contributed by atoms with Crippen LogP contribution in [0.15, 0.2) is 29.3 Å². The number of aliphatic imine (C=N–C) groups is 1. The zero-order valence-electron chi connectivity index (χ0n) is 14.9. The second kappa shape index (κ2) is 8.40. The van der Waals surface area contributed by atoms with Crippen molar-refractivity contribution in [1.82, 2.24) is 20.4 Å². The Morgan fingerprint density at radius 3 is 2.62 bits per heavy atom. The minimum Gasteiger partial charge on any atom is -0.352 e. The summed E-state index contributed by atoms with van der Waals surface area (Å²) in [4.78, 5) is 32.2. The number of nitrogens with one attached hydrogen (secondary N) is 2. The van der Waals surface area contributed by atoms with Gasteiger partial charge in [-0.25, -0.2) is 0 Å². The largest absolute Gasteiger partial charge is 0.352 e. The molecule has 0 aromatic heterocycles. The summed E-state index contributed by atoms with van der Waals surface area (Å²) < 4.78 is 0. The summed E-state index contributed by atoms with van der Waals surface area (Å²) in [5, 5.41) is 6.65. The van der Waals surface area contributed by atoms with Crippen molar-refractivity contribution in [2.45, 2.75) is 25.4 Å². The van der Waals surface area contributed by atoms with Crippen molar-refractivity contribution in [3.05, 3.63) is 34.9 Å². The van der Waals surface area contributed by atoms with Crippen LogP contribution in [0.3, 0.4) is 0 Å².